The molecule has 0 spiro atoms. The van der Waals surface area contributed by atoms with Crippen molar-refractivity contribution in [3.8, 4) is 0 Å². The van der Waals surface area contributed by atoms with Crippen molar-refractivity contribution in [3.63, 3.8) is 0 Å². The minimum absolute atomic E-state index is 0.248. The molecule has 24 nitrogen and oxygen atoms in total. The normalized spacial score (nSPS) is 14.0. The second-order valence-corrected chi connectivity index (χ2v) is 23.8. The number of ether oxygens (including phenoxy) is 2. The van der Waals surface area contributed by atoms with Crippen LogP contribution in [0, 0.1) is 0 Å². The summed E-state index contributed by atoms with van der Waals surface area (Å²) < 4.78 is 211. The Hall–Kier alpha value is 0.119. The van der Waals surface area contributed by atoms with Crippen LogP contribution in [0.5, 0.6) is 0 Å². The first-order chi connectivity index (χ1) is 23.2. The molecule has 13 N–H and O–H groups in total. The Morgan fingerprint density at radius 2 is 1.00 bits per heavy atom. The molecule has 0 saturated carbocycles. The summed E-state index contributed by atoms with van der Waals surface area (Å²) in [5.41, 5.74) is 10.5. The Balaban J connectivity index is -0.000000208. The van der Waals surface area contributed by atoms with Crippen LogP contribution in [0.2, 0.25) is 0 Å². The molecule has 0 radical (unpaired) electrons. The molecule has 1 aliphatic rings. The number of carbonyl (C=O) groups excluding carboxylic acids is 1. The maximum absolute atomic E-state index is 12.3. The molecule has 1 amide bonds. The van der Waals surface area contributed by atoms with Gasteiger partial charge in [-0.1, -0.05) is 18.2 Å². The second kappa shape index (κ2) is 30.2. The van der Waals surface area contributed by atoms with Gasteiger partial charge >= 0.3 is 203 Å². The van der Waals surface area contributed by atoms with Gasteiger partial charge in [0.15, 0.2) is 6.10 Å². The molecule has 53 heavy (non-hydrogen) atoms. The number of rotatable bonds is 6. The van der Waals surface area contributed by atoms with Gasteiger partial charge in [-0.05, 0) is 32.1 Å². The van der Waals surface area contributed by atoms with Gasteiger partial charge < -0.3 is 20.3 Å². The Kier molecular flexibility index (Phi) is 35.5. The van der Waals surface area contributed by atoms with Crippen LogP contribution in [0.4, 0.5) is 16.9 Å². The molecule has 0 aliphatic heterocycles. The van der Waals surface area contributed by atoms with E-state index in [1.165, 1.54) is 0 Å². The first kappa shape index (κ1) is 62.3. The van der Waals surface area contributed by atoms with Gasteiger partial charge in [0.2, 0.25) is 0 Å². The summed E-state index contributed by atoms with van der Waals surface area (Å²) in [5.74, 6) is 0.183. The standard InChI is InChI=1S/C17H19N3O3.6FH.12H2O.6O.6Sb/c1-3-22-15-11-14(20-18)16(23-4-2)10-13(15)19-17(21)12-8-6-5-7-9-12;;;;;;;;;;;;;;;;;;;;;;;;;;;;;;/h5-11,16H,3-4H2,1-2H3,(H,19,21);6*1H;12*1H2;;;;;;;;;;;;/q;;;;;;;;;;;;;;;;;;;;;;;;;6*+3/p-18. The molecule has 1 aromatic carbocycles. The van der Waals surface area contributed by atoms with Gasteiger partial charge in [-0.15, -0.1) is 0 Å². The number of hydrogen-bond acceptors (Lipinski definition) is 9. The fraction of sp³-hybridized carbons (Fsp3) is 0.294. The van der Waals surface area contributed by atoms with Crippen LogP contribution in [0.1, 0.15) is 24.2 Å². The molecule has 36 heteroatoms. The van der Waals surface area contributed by atoms with Gasteiger partial charge in [0.05, 0.1) is 18.4 Å². The molecule has 0 aromatic heterocycles. The summed E-state index contributed by atoms with van der Waals surface area (Å²) in [4.78, 5) is 15.6. The Morgan fingerprint density at radius 3 is 1.26 bits per heavy atom. The molecule has 1 atom stereocenters. The molecular weight excluding hydrogens is 1430 g/mol. The van der Waals surface area contributed by atoms with Crippen molar-refractivity contribution >= 4 is 133 Å². The van der Waals surface area contributed by atoms with Crippen LogP contribution in [0.25, 0.3) is 5.53 Å². The summed E-state index contributed by atoms with van der Waals surface area (Å²) in [6, 6.07) is 8.89. The number of carbonyl (C=O) groups is 1. The monoisotopic (exact) mass is 1450 g/mol. The fourth-order valence-electron chi connectivity index (χ4n) is 2.17. The third-order valence-corrected chi connectivity index (χ3v) is 3.20. The molecule has 1 unspecified atom stereocenters. The summed E-state index contributed by atoms with van der Waals surface area (Å²) in [6.45, 7) is 4.54. The number of hydrogen-bond donors (Lipinski definition) is 13. The molecular formula is C17H31F6N3O21Sb6. The number of nitrogens with one attached hydrogen (secondary N) is 1. The zero-order valence-electron chi connectivity index (χ0n) is 25.9. The van der Waals surface area contributed by atoms with Gasteiger partial charge in [0.1, 0.15) is 5.76 Å². The molecule has 0 fully saturated rings. The maximum atomic E-state index is 12.3. The van der Waals surface area contributed by atoms with Crippen LogP contribution < -0.4 is 5.32 Å². The molecule has 0 saturated heterocycles. The first-order valence-electron chi connectivity index (χ1n) is 12.0. The van der Waals surface area contributed by atoms with E-state index in [0.29, 0.717) is 35.9 Å². The van der Waals surface area contributed by atoms with Crippen molar-refractivity contribution in [1.29, 1.82) is 0 Å². The number of benzene rings is 1. The van der Waals surface area contributed by atoms with Gasteiger partial charge in [-0.2, -0.15) is 4.79 Å². The van der Waals surface area contributed by atoms with Gasteiger partial charge in [-0.3, -0.25) is 4.79 Å². The Labute approximate surface area is 327 Å². The first-order valence-corrected chi connectivity index (χ1v) is 37.7. The predicted octanol–water partition coefficient (Wildman–Crippen LogP) is -4.85. The summed E-state index contributed by atoms with van der Waals surface area (Å²) in [6.07, 6.45) is 2.69. The summed E-state index contributed by atoms with van der Waals surface area (Å²) in [5, 5.41) is 2.82. The van der Waals surface area contributed by atoms with Crippen LogP contribution in [-0.4, -0.2) is 198 Å². The van der Waals surface area contributed by atoms with Crippen molar-refractivity contribution in [3.05, 3.63) is 65.0 Å². The van der Waals surface area contributed by atoms with Crippen LogP contribution in [0.3, 0.4) is 0 Å². The van der Waals surface area contributed by atoms with Crippen LogP contribution in [0.15, 0.2) is 53.9 Å². The van der Waals surface area contributed by atoms with Gasteiger partial charge in [0, 0.05) is 12.2 Å². The number of halogens is 6. The van der Waals surface area contributed by atoms with E-state index < -0.39 is 127 Å². The number of nitrogens with zero attached hydrogens (tertiary/aromatic N) is 2. The molecule has 0 heterocycles. The van der Waals surface area contributed by atoms with Gasteiger partial charge in [-0.25, -0.2) is 0 Å². The third kappa shape index (κ3) is 81.3. The molecule has 1 aliphatic carbocycles. The van der Waals surface area contributed by atoms with E-state index in [4.69, 9.17) is 73.7 Å². The molecule has 2 rings (SSSR count). The topological polar surface area (TPSA) is 429 Å². The third-order valence-electron chi connectivity index (χ3n) is 3.20. The van der Waals surface area contributed by atoms with Crippen molar-refractivity contribution in [2.75, 3.05) is 13.2 Å². The Morgan fingerprint density at radius 1 is 0.679 bits per heavy atom. The zero-order valence-corrected chi connectivity index (χ0v) is 41.2. The van der Waals surface area contributed by atoms with E-state index in [-0.39, 0.29) is 5.91 Å². The van der Waals surface area contributed by atoms with E-state index in [1.807, 2.05) is 19.9 Å². The van der Waals surface area contributed by atoms with Crippen molar-refractivity contribution in [1.82, 2.24) is 5.32 Å². The molecule has 1 aromatic rings. The molecule has 312 valence electrons. The van der Waals surface area contributed by atoms with E-state index >= 15 is 0 Å². The quantitative estimate of drug-likeness (QED) is 0.0550. The van der Waals surface area contributed by atoms with E-state index in [0.717, 1.165) is 0 Å². The van der Waals surface area contributed by atoms with Crippen LogP contribution in [-0.2, 0) is 27.6 Å². The predicted molar refractivity (Wildman–Crippen MR) is 158 cm³/mol. The van der Waals surface area contributed by atoms with E-state index in [2.05, 4.69) is 10.1 Å². The number of amides is 1. The summed E-state index contributed by atoms with van der Waals surface area (Å²) >= 11 is -35.1. The van der Waals surface area contributed by atoms with Gasteiger partial charge in [0.25, 0.3) is 5.91 Å². The van der Waals surface area contributed by atoms with E-state index in [1.54, 1.807) is 36.4 Å². The summed E-state index contributed by atoms with van der Waals surface area (Å²) in [7, 11) is 0. The zero-order chi connectivity index (χ0) is 43.7. The minimum atomic E-state index is -5.85. The van der Waals surface area contributed by atoms with Crippen molar-refractivity contribution in [2.45, 2.75) is 20.0 Å². The molecule has 0 bridgehead atoms. The fourth-order valence-corrected chi connectivity index (χ4v) is 2.17. The van der Waals surface area contributed by atoms with Crippen molar-refractivity contribution < 1.29 is 94.7 Å². The average molecular weight is 1460 g/mol. The SMILES string of the molecule is CCOC1=CC(=[N+]=[N-])C(OCC)C=C1NC(=O)c1ccccc1.[O]=[Sb]([OH])([OH])[F].[O]=[Sb]([OH])([OH])[F].[O]=[Sb]([OH])([OH])[F].[O]=[Sb]([OH])([OH])[F].[O]=[Sb]([OH])([OH])[F].[O]=[Sb]([OH])([OH])[F]. The van der Waals surface area contributed by atoms with Crippen molar-refractivity contribution in [2.24, 2.45) is 0 Å². The Bertz CT molecular complexity index is 1430. The van der Waals surface area contributed by atoms with E-state index in [9.17, 15) is 21.7 Å². The van der Waals surface area contributed by atoms with Crippen LogP contribution >= 0.6 is 0 Å². The second-order valence-electron chi connectivity index (χ2n) is 7.58. The average Bonchev–Trinajstić information content (AvgIpc) is 2.85.